The van der Waals surface area contributed by atoms with Crippen LogP contribution in [0.15, 0.2) is 30.4 Å². The topological polar surface area (TPSA) is 88.2 Å². The average molecular weight is 261 g/mol. The summed E-state index contributed by atoms with van der Waals surface area (Å²) in [4.78, 5) is 10.3. The molecule has 0 amide bonds. The van der Waals surface area contributed by atoms with Gasteiger partial charge < -0.3 is 10.1 Å². The highest BCUT2D eigenvalue weighted by atomic mass is 16.6. The zero-order valence-corrected chi connectivity index (χ0v) is 10.7. The molecule has 6 nitrogen and oxygen atoms in total. The third-order valence-corrected chi connectivity index (χ3v) is 2.34. The van der Waals surface area contributed by atoms with Gasteiger partial charge in [0.1, 0.15) is 6.61 Å². The van der Waals surface area contributed by atoms with Crippen LogP contribution >= 0.6 is 0 Å². The summed E-state index contributed by atoms with van der Waals surface area (Å²) in [6.07, 6.45) is 0. The number of nitrogens with zero attached hydrogens (tertiary/aromatic N) is 2. The van der Waals surface area contributed by atoms with Crippen LogP contribution in [0.2, 0.25) is 0 Å². The predicted molar refractivity (Wildman–Crippen MR) is 71.0 cm³/mol. The zero-order valence-electron chi connectivity index (χ0n) is 10.7. The number of likely N-dealkylation sites (N-methyl/N-ethyl adjacent to an activating group) is 1. The Kier molecular flexibility index (Phi) is 5.51. The van der Waals surface area contributed by atoms with E-state index >= 15 is 0 Å². The molecule has 6 heteroatoms. The van der Waals surface area contributed by atoms with Crippen LogP contribution in [-0.2, 0) is 0 Å². The summed E-state index contributed by atoms with van der Waals surface area (Å²) >= 11 is 0. The van der Waals surface area contributed by atoms with Crippen molar-refractivity contribution in [2.45, 2.75) is 6.92 Å². The highest BCUT2D eigenvalue weighted by Crippen LogP contribution is 2.27. The van der Waals surface area contributed by atoms with Crippen molar-refractivity contribution in [3.8, 4) is 11.8 Å². The minimum absolute atomic E-state index is 0.140. The Morgan fingerprint density at radius 3 is 2.95 bits per heavy atom. The van der Waals surface area contributed by atoms with Gasteiger partial charge in [-0.1, -0.05) is 13.5 Å². The van der Waals surface area contributed by atoms with Crippen LogP contribution in [0.25, 0.3) is 0 Å². The number of nitriles is 1. The molecule has 0 aliphatic rings. The number of hydrogen-bond donors (Lipinski definition) is 1. The third-order valence-electron chi connectivity index (χ3n) is 2.34. The molecule has 0 heterocycles. The summed E-state index contributed by atoms with van der Waals surface area (Å²) in [5.74, 6) is 0.140. The van der Waals surface area contributed by atoms with E-state index in [4.69, 9.17) is 10.00 Å². The fraction of sp³-hybridized carbons (Fsp3) is 0.308. The minimum atomic E-state index is -0.566. The van der Waals surface area contributed by atoms with Gasteiger partial charge in [0, 0.05) is 12.6 Å². The number of nitro benzene ring substituents is 1. The molecule has 0 atom stereocenters. The van der Waals surface area contributed by atoms with Gasteiger partial charge in [0.15, 0.2) is 5.75 Å². The Morgan fingerprint density at radius 2 is 2.37 bits per heavy atom. The first-order valence-corrected chi connectivity index (χ1v) is 5.77. The fourth-order valence-electron chi connectivity index (χ4n) is 1.38. The molecule has 100 valence electrons. The Balaban J connectivity index is 2.76. The summed E-state index contributed by atoms with van der Waals surface area (Å²) in [6, 6.07) is 5.96. The van der Waals surface area contributed by atoms with Crippen molar-refractivity contribution in [3.63, 3.8) is 0 Å². The Labute approximate surface area is 111 Å². The van der Waals surface area contributed by atoms with Crippen molar-refractivity contribution in [1.82, 2.24) is 5.32 Å². The van der Waals surface area contributed by atoms with E-state index in [0.717, 1.165) is 12.1 Å². The number of nitrogens with one attached hydrogen (secondary N) is 1. The normalized spacial score (nSPS) is 9.68. The SMILES string of the molecule is C=C(CNCC)COc1ccc(C#N)cc1[N+](=O)[O-]. The molecule has 0 saturated heterocycles. The molecule has 0 spiro atoms. The fourth-order valence-corrected chi connectivity index (χ4v) is 1.38. The summed E-state index contributed by atoms with van der Waals surface area (Å²) in [5.41, 5.74) is 0.807. The number of rotatable bonds is 7. The van der Waals surface area contributed by atoms with E-state index in [1.54, 1.807) is 0 Å². The maximum absolute atomic E-state index is 10.9. The quantitative estimate of drug-likeness (QED) is 0.461. The predicted octanol–water partition coefficient (Wildman–Crippen LogP) is 2.01. The first-order valence-electron chi connectivity index (χ1n) is 5.77. The Hall–Kier alpha value is -2.39. The monoisotopic (exact) mass is 261 g/mol. The average Bonchev–Trinajstić information content (AvgIpc) is 2.42. The number of hydrogen-bond acceptors (Lipinski definition) is 5. The van der Waals surface area contributed by atoms with Gasteiger partial charge in [0.05, 0.1) is 16.6 Å². The van der Waals surface area contributed by atoms with Crippen molar-refractivity contribution in [2.24, 2.45) is 0 Å². The number of ether oxygens (including phenoxy) is 1. The molecular weight excluding hydrogens is 246 g/mol. The summed E-state index contributed by atoms with van der Waals surface area (Å²) < 4.78 is 5.37. The van der Waals surface area contributed by atoms with E-state index in [2.05, 4.69) is 11.9 Å². The van der Waals surface area contributed by atoms with Gasteiger partial charge in [0.25, 0.3) is 0 Å². The van der Waals surface area contributed by atoms with E-state index in [9.17, 15) is 10.1 Å². The second kappa shape index (κ2) is 7.13. The number of benzene rings is 1. The molecule has 1 N–H and O–H groups in total. The highest BCUT2D eigenvalue weighted by Gasteiger charge is 2.16. The summed E-state index contributed by atoms with van der Waals surface area (Å²) in [5, 5.41) is 22.7. The molecule has 19 heavy (non-hydrogen) atoms. The van der Waals surface area contributed by atoms with Crippen molar-refractivity contribution in [1.29, 1.82) is 5.26 Å². The number of nitro groups is 1. The van der Waals surface area contributed by atoms with Gasteiger partial charge in [-0.15, -0.1) is 0 Å². The molecule has 1 aromatic rings. The lowest BCUT2D eigenvalue weighted by Crippen LogP contribution is -2.19. The minimum Gasteiger partial charge on any atom is -0.482 e. The zero-order chi connectivity index (χ0) is 14.3. The molecular formula is C13H15N3O3. The first kappa shape index (κ1) is 14.7. The smallest absolute Gasteiger partial charge is 0.312 e. The lowest BCUT2D eigenvalue weighted by atomic mass is 10.2. The molecule has 0 aliphatic heterocycles. The van der Waals surface area contributed by atoms with Crippen LogP contribution in [0, 0.1) is 21.4 Å². The van der Waals surface area contributed by atoms with Crippen LogP contribution in [-0.4, -0.2) is 24.6 Å². The van der Waals surface area contributed by atoms with Crippen LogP contribution in [0.4, 0.5) is 5.69 Å². The Morgan fingerprint density at radius 1 is 1.63 bits per heavy atom. The van der Waals surface area contributed by atoms with E-state index < -0.39 is 4.92 Å². The van der Waals surface area contributed by atoms with Crippen LogP contribution in [0.1, 0.15) is 12.5 Å². The van der Waals surface area contributed by atoms with E-state index in [1.807, 2.05) is 13.0 Å². The molecule has 1 aromatic carbocycles. The van der Waals surface area contributed by atoms with Crippen LogP contribution in [0.5, 0.6) is 5.75 Å². The molecule has 0 radical (unpaired) electrons. The lowest BCUT2D eigenvalue weighted by molar-refractivity contribution is -0.385. The van der Waals surface area contributed by atoms with Gasteiger partial charge in [0.2, 0.25) is 0 Å². The van der Waals surface area contributed by atoms with Gasteiger partial charge in [-0.3, -0.25) is 10.1 Å². The molecule has 0 saturated carbocycles. The molecule has 1 rings (SSSR count). The van der Waals surface area contributed by atoms with Gasteiger partial charge in [-0.25, -0.2) is 0 Å². The largest absolute Gasteiger partial charge is 0.482 e. The van der Waals surface area contributed by atoms with Crippen LogP contribution in [0.3, 0.4) is 0 Å². The molecule has 0 bridgehead atoms. The molecule has 0 unspecified atom stereocenters. The maximum Gasteiger partial charge on any atom is 0.312 e. The third kappa shape index (κ3) is 4.41. The van der Waals surface area contributed by atoms with E-state index in [-0.39, 0.29) is 23.6 Å². The first-order chi connectivity index (χ1) is 9.08. The molecule has 0 aliphatic carbocycles. The van der Waals surface area contributed by atoms with Crippen molar-refractivity contribution in [3.05, 3.63) is 46.0 Å². The van der Waals surface area contributed by atoms with Gasteiger partial charge in [-0.2, -0.15) is 5.26 Å². The van der Waals surface area contributed by atoms with E-state index in [1.165, 1.54) is 18.2 Å². The highest BCUT2D eigenvalue weighted by molar-refractivity contribution is 5.51. The van der Waals surface area contributed by atoms with E-state index in [0.29, 0.717) is 6.54 Å². The van der Waals surface area contributed by atoms with Crippen molar-refractivity contribution >= 4 is 5.69 Å². The van der Waals surface area contributed by atoms with Crippen molar-refractivity contribution < 1.29 is 9.66 Å². The second-order valence-electron chi connectivity index (χ2n) is 3.87. The van der Waals surface area contributed by atoms with Gasteiger partial charge in [-0.05, 0) is 24.3 Å². The molecule has 0 fully saturated rings. The second-order valence-corrected chi connectivity index (χ2v) is 3.87. The maximum atomic E-state index is 10.9. The Bertz CT molecular complexity index is 520. The summed E-state index contributed by atoms with van der Waals surface area (Å²) in [6.45, 7) is 7.39. The van der Waals surface area contributed by atoms with Crippen molar-refractivity contribution in [2.75, 3.05) is 19.7 Å². The van der Waals surface area contributed by atoms with Gasteiger partial charge >= 0.3 is 5.69 Å². The summed E-state index contributed by atoms with van der Waals surface area (Å²) in [7, 11) is 0. The molecule has 0 aromatic heterocycles. The standard InChI is InChI=1S/C13H15N3O3/c1-3-15-8-10(2)9-19-13-5-4-11(7-14)6-12(13)16(17)18/h4-6,15H,2-3,8-9H2,1H3. The van der Waals surface area contributed by atoms with Crippen LogP contribution < -0.4 is 10.1 Å². The lowest BCUT2D eigenvalue weighted by Gasteiger charge is -2.09.